The molecule has 1 aromatic carbocycles. The molecule has 0 saturated heterocycles. The molecule has 2 aromatic rings. The number of halogens is 1. The van der Waals surface area contributed by atoms with Crippen molar-refractivity contribution in [3.8, 4) is 5.69 Å². The van der Waals surface area contributed by atoms with Crippen LogP contribution in [-0.4, -0.2) is 20.3 Å². The van der Waals surface area contributed by atoms with Crippen molar-refractivity contribution in [2.45, 2.75) is 32.6 Å². The second-order valence-corrected chi connectivity index (χ2v) is 5.14. The number of H-pyrrole nitrogens is 1. The summed E-state index contributed by atoms with van der Waals surface area (Å²) in [5, 5.41) is 2.68. The van der Waals surface area contributed by atoms with Crippen LogP contribution >= 0.6 is 11.6 Å². The Bertz CT molecular complexity index is 757. The van der Waals surface area contributed by atoms with E-state index in [-0.39, 0.29) is 6.42 Å². The van der Waals surface area contributed by atoms with Crippen molar-refractivity contribution in [3.63, 3.8) is 0 Å². The molecule has 0 unspecified atom stereocenters. The molecule has 0 radical (unpaired) electrons. The van der Waals surface area contributed by atoms with E-state index in [1.165, 1.54) is 6.07 Å². The fraction of sp³-hybridized carbons (Fsp3) is 0.357. The normalized spacial score (nSPS) is 10.8. The first-order valence-electron chi connectivity index (χ1n) is 6.78. The summed E-state index contributed by atoms with van der Waals surface area (Å²) in [6.45, 7) is 2.02. The van der Waals surface area contributed by atoms with Gasteiger partial charge in [-0.15, -0.1) is 0 Å². The van der Waals surface area contributed by atoms with Gasteiger partial charge in [0.1, 0.15) is 0 Å². The summed E-state index contributed by atoms with van der Waals surface area (Å²) in [7, 11) is 0. The van der Waals surface area contributed by atoms with Crippen LogP contribution in [-0.2, 0) is 0 Å². The molecule has 0 amide bonds. The molecular weight excluding hydrogens is 294 g/mol. The molecule has 7 heteroatoms. The van der Waals surface area contributed by atoms with Gasteiger partial charge in [-0.3, -0.25) is 4.79 Å². The third-order valence-corrected chi connectivity index (χ3v) is 3.34. The van der Waals surface area contributed by atoms with Crippen LogP contribution in [0.25, 0.3) is 5.69 Å². The molecule has 112 valence electrons. The van der Waals surface area contributed by atoms with E-state index in [1.54, 1.807) is 18.2 Å². The molecule has 2 rings (SSSR count). The van der Waals surface area contributed by atoms with Crippen molar-refractivity contribution in [2.75, 3.05) is 0 Å². The number of aromatic amines is 1. The van der Waals surface area contributed by atoms with Gasteiger partial charge in [0.25, 0.3) is 0 Å². The molecule has 0 atom stereocenters. The summed E-state index contributed by atoms with van der Waals surface area (Å²) in [4.78, 5) is 36.1. The zero-order valence-electron chi connectivity index (χ0n) is 11.6. The maximum Gasteiger partial charge on any atom is 0.358 e. The highest BCUT2D eigenvalue weighted by molar-refractivity contribution is 6.30. The molecule has 21 heavy (non-hydrogen) atoms. The smallest absolute Gasteiger partial charge is 0.272 e. The average molecular weight is 310 g/mol. The Morgan fingerprint density at radius 2 is 2.05 bits per heavy atom. The highest BCUT2D eigenvalue weighted by atomic mass is 35.5. The lowest BCUT2D eigenvalue weighted by Crippen LogP contribution is -2.30. The van der Waals surface area contributed by atoms with E-state index in [9.17, 15) is 14.4 Å². The first-order chi connectivity index (χ1) is 10.0. The zero-order valence-corrected chi connectivity index (χ0v) is 12.4. The molecule has 0 saturated carbocycles. The van der Waals surface area contributed by atoms with Crippen LogP contribution in [0.1, 0.15) is 37.4 Å². The van der Waals surface area contributed by atoms with Gasteiger partial charge in [0, 0.05) is 11.4 Å². The summed E-state index contributed by atoms with van der Waals surface area (Å²) in [6.07, 6.45) is 2.79. The summed E-state index contributed by atoms with van der Waals surface area (Å²) in [5.74, 6) is -0.411. The van der Waals surface area contributed by atoms with Crippen LogP contribution < -0.4 is 11.4 Å². The van der Waals surface area contributed by atoms with Crippen molar-refractivity contribution in [2.24, 2.45) is 0 Å². The van der Waals surface area contributed by atoms with E-state index in [0.717, 1.165) is 22.1 Å². The number of aromatic nitrogens is 3. The van der Waals surface area contributed by atoms with Gasteiger partial charge in [0.2, 0.25) is 5.91 Å². The van der Waals surface area contributed by atoms with Crippen LogP contribution in [0.5, 0.6) is 0 Å². The van der Waals surface area contributed by atoms with Crippen molar-refractivity contribution in [1.82, 2.24) is 14.3 Å². The maximum absolute atomic E-state index is 12.2. The van der Waals surface area contributed by atoms with E-state index in [1.807, 2.05) is 6.92 Å². The van der Waals surface area contributed by atoms with Gasteiger partial charge in [0.15, 0.2) is 0 Å². The molecule has 0 aliphatic heterocycles. The second-order valence-electron chi connectivity index (χ2n) is 4.70. The van der Waals surface area contributed by atoms with Gasteiger partial charge >= 0.3 is 11.4 Å². The topological polar surface area (TPSA) is 76.9 Å². The predicted octanol–water partition coefficient (Wildman–Crippen LogP) is 2.20. The Labute approximate surface area is 126 Å². The summed E-state index contributed by atoms with van der Waals surface area (Å²) >= 11 is 5.85. The number of carbonyl (C=O) groups excluding carboxylic acids is 1. The van der Waals surface area contributed by atoms with Crippen LogP contribution in [0.3, 0.4) is 0 Å². The lowest BCUT2D eigenvalue weighted by Gasteiger charge is -2.00. The summed E-state index contributed by atoms with van der Waals surface area (Å²) in [5.41, 5.74) is -1.04. The van der Waals surface area contributed by atoms with E-state index in [4.69, 9.17) is 11.6 Å². The number of nitrogens with one attached hydrogen (secondary N) is 1. The molecule has 0 aliphatic rings. The molecule has 0 spiro atoms. The second kappa shape index (κ2) is 6.58. The lowest BCUT2D eigenvalue weighted by molar-refractivity contribution is 0.0878. The van der Waals surface area contributed by atoms with Gasteiger partial charge in [-0.1, -0.05) is 37.4 Å². The molecule has 6 nitrogen and oxygen atoms in total. The molecular formula is C14H16ClN3O3. The highest BCUT2D eigenvalue weighted by Crippen LogP contribution is 2.11. The van der Waals surface area contributed by atoms with Gasteiger partial charge in [-0.05, 0) is 24.6 Å². The highest BCUT2D eigenvalue weighted by Gasteiger charge is 2.16. The number of hydrogen-bond acceptors (Lipinski definition) is 3. The predicted molar refractivity (Wildman–Crippen MR) is 80.4 cm³/mol. The minimum Gasteiger partial charge on any atom is -0.272 e. The Hall–Kier alpha value is -2.08. The number of nitrogens with zero attached hydrogens (tertiary/aromatic N) is 2. The maximum atomic E-state index is 12.2. The Balaban J connectivity index is 2.36. The van der Waals surface area contributed by atoms with Crippen molar-refractivity contribution < 1.29 is 4.79 Å². The van der Waals surface area contributed by atoms with Gasteiger partial charge < -0.3 is 0 Å². The van der Waals surface area contributed by atoms with Crippen LogP contribution in [0, 0.1) is 0 Å². The number of benzene rings is 1. The average Bonchev–Trinajstić information content (AvgIpc) is 2.74. The van der Waals surface area contributed by atoms with Crippen molar-refractivity contribution >= 4 is 17.5 Å². The van der Waals surface area contributed by atoms with E-state index in [0.29, 0.717) is 17.1 Å². The van der Waals surface area contributed by atoms with Gasteiger partial charge in [-0.25, -0.2) is 19.3 Å². The first-order valence-corrected chi connectivity index (χ1v) is 7.15. The fourth-order valence-corrected chi connectivity index (χ4v) is 2.21. The molecule has 1 N–H and O–H groups in total. The van der Waals surface area contributed by atoms with Crippen LogP contribution in [0.15, 0.2) is 33.9 Å². The Kier molecular flexibility index (Phi) is 4.80. The van der Waals surface area contributed by atoms with Crippen LogP contribution in [0.4, 0.5) is 0 Å². The largest absolute Gasteiger partial charge is 0.358 e. The minimum absolute atomic E-state index is 0.225. The summed E-state index contributed by atoms with van der Waals surface area (Å²) < 4.78 is 1.66. The molecule has 1 aromatic heterocycles. The van der Waals surface area contributed by atoms with E-state index in [2.05, 4.69) is 5.10 Å². The lowest BCUT2D eigenvalue weighted by atomic mass is 10.2. The molecule has 0 aliphatic carbocycles. The zero-order chi connectivity index (χ0) is 15.4. The molecule has 0 bridgehead atoms. The van der Waals surface area contributed by atoms with Crippen molar-refractivity contribution in [3.05, 3.63) is 50.3 Å². The quantitative estimate of drug-likeness (QED) is 0.860. The van der Waals surface area contributed by atoms with Crippen molar-refractivity contribution in [1.29, 1.82) is 0 Å². The SMILES string of the molecule is CCCCCC(=O)n1[nH]c(=O)n(-c2cccc(Cl)c2)c1=O. The number of hydrogen-bond donors (Lipinski definition) is 1. The standard InChI is InChI=1S/C14H16ClN3O3/c1-2-3-4-8-12(19)18-14(21)17(13(20)16-18)11-7-5-6-10(15)9-11/h5-7,9H,2-4,8H2,1H3,(H,16,20). The van der Waals surface area contributed by atoms with Gasteiger partial charge in [0.05, 0.1) is 5.69 Å². The third kappa shape index (κ3) is 3.33. The number of unbranched alkanes of at least 4 members (excludes halogenated alkanes) is 2. The van der Waals surface area contributed by atoms with Gasteiger partial charge in [-0.2, -0.15) is 4.68 Å². The molecule has 1 heterocycles. The fourth-order valence-electron chi connectivity index (χ4n) is 2.03. The minimum atomic E-state index is -0.705. The number of rotatable bonds is 5. The first kappa shape index (κ1) is 15.3. The summed E-state index contributed by atoms with van der Waals surface area (Å²) in [6, 6.07) is 6.33. The third-order valence-electron chi connectivity index (χ3n) is 3.10. The Morgan fingerprint density at radius 3 is 2.71 bits per heavy atom. The Morgan fingerprint density at radius 1 is 1.29 bits per heavy atom. The number of carbonyl (C=O) groups is 1. The van der Waals surface area contributed by atoms with Crippen LogP contribution in [0.2, 0.25) is 5.02 Å². The monoisotopic (exact) mass is 309 g/mol. The van der Waals surface area contributed by atoms with E-state index < -0.39 is 17.3 Å². The molecule has 0 fully saturated rings. The van der Waals surface area contributed by atoms with E-state index >= 15 is 0 Å².